The number of benzene rings is 1. The summed E-state index contributed by atoms with van der Waals surface area (Å²) in [6.07, 6.45) is 1.83. The monoisotopic (exact) mass is 276 g/mol. The second-order valence-electron chi connectivity index (χ2n) is 5.44. The molecule has 0 bridgehead atoms. The van der Waals surface area contributed by atoms with Crippen LogP contribution in [0.1, 0.15) is 44.4 Å². The van der Waals surface area contributed by atoms with Crippen molar-refractivity contribution in [1.82, 2.24) is 10.2 Å². The van der Waals surface area contributed by atoms with Crippen molar-refractivity contribution in [2.24, 2.45) is 0 Å². The summed E-state index contributed by atoms with van der Waals surface area (Å²) in [7, 11) is 1.68. The van der Waals surface area contributed by atoms with E-state index in [1.165, 1.54) is 11.1 Å². The predicted molar refractivity (Wildman–Crippen MR) is 80.1 cm³/mol. The number of rotatable bonds is 3. The van der Waals surface area contributed by atoms with Crippen molar-refractivity contribution in [2.45, 2.75) is 45.7 Å². The number of urea groups is 1. The number of fused-ring (bicyclic) bond motifs is 1. The zero-order valence-electron chi connectivity index (χ0n) is 12.8. The van der Waals surface area contributed by atoms with Gasteiger partial charge in [0.1, 0.15) is 5.75 Å². The van der Waals surface area contributed by atoms with Crippen LogP contribution in [0, 0.1) is 0 Å². The summed E-state index contributed by atoms with van der Waals surface area (Å²) in [5.74, 6) is 0.883. The van der Waals surface area contributed by atoms with E-state index < -0.39 is 0 Å². The molecule has 1 N–H and O–H groups in total. The van der Waals surface area contributed by atoms with Crippen LogP contribution in [0.15, 0.2) is 18.2 Å². The highest BCUT2D eigenvalue weighted by Gasteiger charge is 2.28. The number of hydrogen-bond acceptors (Lipinski definition) is 2. The minimum atomic E-state index is 0.0355. The van der Waals surface area contributed by atoms with Crippen LogP contribution in [0.25, 0.3) is 0 Å². The molecule has 0 fully saturated rings. The standard InChI is InChI=1S/C16H24N2O2/c1-5-11(2)17-16(19)18-9-8-13-10-14(20-4)6-7-15(13)12(18)3/h6-7,10-12H,5,8-9H2,1-4H3,(H,17,19). The molecular formula is C16H24N2O2. The first-order valence-corrected chi connectivity index (χ1v) is 7.30. The van der Waals surface area contributed by atoms with Gasteiger partial charge in [0, 0.05) is 12.6 Å². The fraction of sp³-hybridized carbons (Fsp3) is 0.562. The average Bonchev–Trinajstić information content (AvgIpc) is 2.46. The topological polar surface area (TPSA) is 41.6 Å². The molecular weight excluding hydrogens is 252 g/mol. The molecule has 0 radical (unpaired) electrons. The lowest BCUT2D eigenvalue weighted by Crippen LogP contribution is -2.47. The summed E-state index contributed by atoms with van der Waals surface area (Å²) >= 11 is 0. The first-order chi connectivity index (χ1) is 9.56. The minimum Gasteiger partial charge on any atom is -0.497 e. The molecule has 0 saturated heterocycles. The highest BCUT2D eigenvalue weighted by Crippen LogP contribution is 2.31. The molecule has 0 aromatic heterocycles. The van der Waals surface area contributed by atoms with Gasteiger partial charge in [0.05, 0.1) is 13.2 Å². The normalized spacial score (nSPS) is 19.2. The minimum absolute atomic E-state index is 0.0355. The molecule has 4 heteroatoms. The third-order valence-electron chi connectivity index (χ3n) is 4.13. The third kappa shape index (κ3) is 2.89. The molecule has 4 nitrogen and oxygen atoms in total. The summed E-state index contributed by atoms with van der Waals surface area (Å²) in [6.45, 7) is 6.95. The Morgan fingerprint density at radius 2 is 2.30 bits per heavy atom. The van der Waals surface area contributed by atoms with Crippen LogP contribution in [0.3, 0.4) is 0 Å². The van der Waals surface area contributed by atoms with E-state index in [1.54, 1.807) is 7.11 Å². The van der Waals surface area contributed by atoms with Crippen molar-refractivity contribution < 1.29 is 9.53 Å². The number of amides is 2. The van der Waals surface area contributed by atoms with Crippen molar-refractivity contribution in [1.29, 1.82) is 0 Å². The Kier molecular flexibility index (Phi) is 4.53. The van der Waals surface area contributed by atoms with Gasteiger partial charge in [-0.2, -0.15) is 0 Å². The number of nitrogens with one attached hydrogen (secondary N) is 1. The lowest BCUT2D eigenvalue weighted by atomic mass is 9.93. The molecule has 1 aliphatic heterocycles. The van der Waals surface area contributed by atoms with Gasteiger partial charge < -0.3 is 15.0 Å². The van der Waals surface area contributed by atoms with Crippen molar-refractivity contribution >= 4 is 6.03 Å². The molecule has 2 atom stereocenters. The number of methoxy groups -OCH3 is 1. The number of carbonyl (C=O) groups is 1. The largest absolute Gasteiger partial charge is 0.497 e. The Bertz CT molecular complexity index is 487. The highest BCUT2D eigenvalue weighted by atomic mass is 16.5. The molecule has 1 aliphatic rings. The van der Waals surface area contributed by atoms with Crippen molar-refractivity contribution in [3.8, 4) is 5.75 Å². The quantitative estimate of drug-likeness (QED) is 0.921. The highest BCUT2D eigenvalue weighted by molar-refractivity contribution is 5.75. The van der Waals surface area contributed by atoms with Gasteiger partial charge in [0.25, 0.3) is 0 Å². The molecule has 1 aromatic rings. The Balaban J connectivity index is 2.15. The van der Waals surface area contributed by atoms with E-state index in [9.17, 15) is 4.79 Å². The second kappa shape index (κ2) is 6.16. The third-order valence-corrected chi connectivity index (χ3v) is 4.13. The van der Waals surface area contributed by atoms with Crippen molar-refractivity contribution in [2.75, 3.05) is 13.7 Å². The molecule has 1 aromatic carbocycles. The lowest BCUT2D eigenvalue weighted by molar-refractivity contribution is 0.171. The van der Waals surface area contributed by atoms with Gasteiger partial charge in [-0.05, 0) is 49.9 Å². The van der Waals surface area contributed by atoms with Crippen LogP contribution in [-0.2, 0) is 6.42 Å². The SMILES string of the molecule is CCC(C)NC(=O)N1CCc2cc(OC)ccc2C1C. The zero-order valence-corrected chi connectivity index (χ0v) is 12.8. The van der Waals surface area contributed by atoms with E-state index in [0.29, 0.717) is 0 Å². The molecule has 2 rings (SSSR count). The van der Waals surface area contributed by atoms with Gasteiger partial charge in [-0.3, -0.25) is 0 Å². The van der Waals surface area contributed by atoms with E-state index in [4.69, 9.17) is 4.74 Å². The summed E-state index contributed by atoms with van der Waals surface area (Å²) < 4.78 is 5.26. The second-order valence-corrected chi connectivity index (χ2v) is 5.44. The van der Waals surface area contributed by atoms with Crippen molar-refractivity contribution in [3.63, 3.8) is 0 Å². The first-order valence-electron chi connectivity index (χ1n) is 7.30. The van der Waals surface area contributed by atoms with Gasteiger partial charge in [-0.15, -0.1) is 0 Å². The smallest absolute Gasteiger partial charge is 0.318 e. The molecule has 1 heterocycles. The number of hydrogen-bond donors (Lipinski definition) is 1. The van der Waals surface area contributed by atoms with Gasteiger partial charge >= 0.3 is 6.03 Å². The van der Waals surface area contributed by atoms with Gasteiger partial charge in [-0.25, -0.2) is 4.79 Å². The molecule has 0 spiro atoms. The predicted octanol–water partition coefficient (Wildman–Crippen LogP) is 3.12. The molecule has 20 heavy (non-hydrogen) atoms. The molecule has 2 unspecified atom stereocenters. The maximum atomic E-state index is 12.3. The van der Waals surface area contributed by atoms with Crippen LogP contribution in [0.2, 0.25) is 0 Å². The van der Waals surface area contributed by atoms with E-state index in [-0.39, 0.29) is 18.1 Å². The van der Waals surface area contributed by atoms with Crippen LogP contribution in [-0.4, -0.2) is 30.6 Å². The summed E-state index contributed by atoms with van der Waals surface area (Å²) in [5, 5.41) is 3.05. The molecule has 110 valence electrons. The van der Waals surface area contributed by atoms with Crippen molar-refractivity contribution in [3.05, 3.63) is 29.3 Å². The van der Waals surface area contributed by atoms with E-state index in [0.717, 1.165) is 25.1 Å². The lowest BCUT2D eigenvalue weighted by Gasteiger charge is -2.36. The Morgan fingerprint density at radius 1 is 1.55 bits per heavy atom. The Labute approximate surface area is 121 Å². The average molecular weight is 276 g/mol. The van der Waals surface area contributed by atoms with Gasteiger partial charge in [-0.1, -0.05) is 13.0 Å². The van der Waals surface area contributed by atoms with E-state index >= 15 is 0 Å². The number of nitrogens with zero attached hydrogens (tertiary/aromatic N) is 1. The zero-order chi connectivity index (χ0) is 14.7. The molecule has 2 amide bonds. The van der Waals surface area contributed by atoms with Gasteiger partial charge in [0.15, 0.2) is 0 Å². The summed E-state index contributed by atoms with van der Waals surface area (Å²) in [6, 6.07) is 6.47. The number of carbonyl (C=O) groups excluding carboxylic acids is 1. The summed E-state index contributed by atoms with van der Waals surface area (Å²) in [5.41, 5.74) is 2.50. The molecule has 0 aliphatic carbocycles. The molecule has 0 saturated carbocycles. The maximum absolute atomic E-state index is 12.3. The first kappa shape index (κ1) is 14.7. The summed E-state index contributed by atoms with van der Waals surface area (Å²) in [4.78, 5) is 14.2. The Hall–Kier alpha value is -1.71. The fourth-order valence-corrected chi connectivity index (χ4v) is 2.61. The van der Waals surface area contributed by atoms with Crippen LogP contribution in [0.4, 0.5) is 4.79 Å². The van der Waals surface area contributed by atoms with Crippen LogP contribution in [0.5, 0.6) is 5.75 Å². The number of ether oxygens (including phenoxy) is 1. The van der Waals surface area contributed by atoms with Gasteiger partial charge in [0.2, 0.25) is 0 Å². The van der Waals surface area contributed by atoms with E-state index in [1.807, 2.05) is 17.9 Å². The maximum Gasteiger partial charge on any atom is 0.318 e. The fourth-order valence-electron chi connectivity index (χ4n) is 2.61. The van der Waals surface area contributed by atoms with Crippen LogP contribution < -0.4 is 10.1 Å². The van der Waals surface area contributed by atoms with E-state index in [2.05, 4.69) is 31.3 Å². The van der Waals surface area contributed by atoms with Crippen LogP contribution >= 0.6 is 0 Å². The Morgan fingerprint density at radius 3 is 2.95 bits per heavy atom.